The minimum absolute atomic E-state index is 0.106. The van der Waals surface area contributed by atoms with Gasteiger partial charge in [0.25, 0.3) is 0 Å². The topological polar surface area (TPSA) is 82.0 Å². The van der Waals surface area contributed by atoms with E-state index >= 15 is 0 Å². The summed E-state index contributed by atoms with van der Waals surface area (Å²) in [5.41, 5.74) is 5.34. The zero-order chi connectivity index (χ0) is 21.0. The van der Waals surface area contributed by atoms with Crippen LogP contribution in [-0.2, 0) is 9.59 Å². The van der Waals surface area contributed by atoms with Crippen LogP contribution in [0.25, 0.3) is 0 Å². The number of amides is 2. The van der Waals surface area contributed by atoms with Gasteiger partial charge in [0.15, 0.2) is 0 Å². The number of carbonyl (C=O) groups is 2. The van der Waals surface area contributed by atoms with Crippen molar-refractivity contribution < 1.29 is 9.59 Å². The minimum Gasteiger partial charge on any atom is -0.325 e. The van der Waals surface area contributed by atoms with Gasteiger partial charge in [0.05, 0.1) is 22.4 Å². The third-order valence-electron chi connectivity index (χ3n) is 4.93. The van der Waals surface area contributed by atoms with Crippen LogP contribution in [0.15, 0.2) is 53.1 Å². The molecule has 0 bridgehead atoms. The highest BCUT2D eigenvalue weighted by Crippen LogP contribution is 2.36. The van der Waals surface area contributed by atoms with Gasteiger partial charge in [0, 0.05) is 18.0 Å². The maximum atomic E-state index is 12.5. The molecule has 1 aliphatic rings. The van der Waals surface area contributed by atoms with Crippen LogP contribution in [-0.4, -0.2) is 17.6 Å². The number of carbonyl (C=O) groups excluding carboxylic acids is 2. The van der Waals surface area contributed by atoms with Gasteiger partial charge >= 0.3 is 0 Å². The summed E-state index contributed by atoms with van der Waals surface area (Å²) < 4.78 is 0. The zero-order valence-corrected chi connectivity index (χ0v) is 17.5. The number of rotatable bonds is 5. The Morgan fingerprint density at radius 1 is 1.17 bits per heavy atom. The van der Waals surface area contributed by atoms with Crippen LogP contribution in [0.2, 0.25) is 0 Å². The Kier molecular flexibility index (Phi) is 6.40. The normalized spacial score (nSPS) is 16.2. The maximum Gasteiger partial charge on any atom is 0.234 e. The van der Waals surface area contributed by atoms with Crippen molar-refractivity contribution in [3.05, 3.63) is 75.3 Å². The minimum atomic E-state index is -0.293. The van der Waals surface area contributed by atoms with Crippen LogP contribution in [0.5, 0.6) is 0 Å². The number of anilines is 1. The summed E-state index contributed by atoms with van der Waals surface area (Å²) in [6.45, 7) is 5.88. The quantitative estimate of drug-likeness (QED) is 0.776. The van der Waals surface area contributed by atoms with Crippen LogP contribution < -0.4 is 10.6 Å². The zero-order valence-electron chi connectivity index (χ0n) is 16.7. The monoisotopic (exact) mass is 405 g/mol. The van der Waals surface area contributed by atoms with Crippen molar-refractivity contribution in [2.45, 2.75) is 33.1 Å². The lowest BCUT2D eigenvalue weighted by Gasteiger charge is -2.25. The molecule has 0 spiro atoms. The number of para-hydroxylation sites is 1. The van der Waals surface area contributed by atoms with E-state index in [2.05, 4.69) is 16.7 Å². The molecule has 0 saturated carbocycles. The molecule has 148 valence electrons. The number of nitrogens with zero attached hydrogens (tertiary/aromatic N) is 1. The SMILES string of the molecule is Cc1ccc(C2CC(=O)NC(SCC(=O)Nc3c(C)cccc3C)=C2C#N)cc1. The summed E-state index contributed by atoms with van der Waals surface area (Å²) in [6, 6.07) is 15.9. The molecule has 1 atom stereocenters. The van der Waals surface area contributed by atoms with Crippen molar-refractivity contribution in [2.24, 2.45) is 0 Å². The summed E-state index contributed by atoms with van der Waals surface area (Å²) >= 11 is 1.19. The number of benzene rings is 2. The second-order valence-electron chi connectivity index (χ2n) is 7.17. The molecule has 2 aromatic rings. The summed E-state index contributed by atoms with van der Waals surface area (Å²) in [5, 5.41) is 15.9. The van der Waals surface area contributed by atoms with Crippen molar-refractivity contribution in [2.75, 3.05) is 11.1 Å². The predicted octanol–water partition coefficient (Wildman–Crippen LogP) is 4.32. The third kappa shape index (κ3) is 4.87. The van der Waals surface area contributed by atoms with Crippen LogP contribution in [0.4, 0.5) is 5.69 Å². The lowest BCUT2D eigenvalue weighted by atomic mass is 9.87. The summed E-state index contributed by atoms with van der Waals surface area (Å²) in [7, 11) is 0. The summed E-state index contributed by atoms with van der Waals surface area (Å²) in [5.74, 6) is -0.510. The molecule has 6 heteroatoms. The van der Waals surface area contributed by atoms with Gasteiger partial charge < -0.3 is 10.6 Å². The molecule has 0 aromatic heterocycles. The number of allylic oxidation sites excluding steroid dienone is 1. The first-order valence-corrected chi connectivity index (χ1v) is 10.4. The van der Waals surface area contributed by atoms with Gasteiger partial charge in [0.2, 0.25) is 11.8 Å². The molecule has 1 aliphatic heterocycles. The Bertz CT molecular complexity index is 999. The molecule has 2 aromatic carbocycles. The molecule has 0 fully saturated rings. The molecule has 1 unspecified atom stereocenters. The predicted molar refractivity (Wildman–Crippen MR) is 116 cm³/mol. The number of thioether (sulfide) groups is 1. The Morgan fingerprint density at radius 3 is 2.45 bits per heavy atom. The highest BCUT2D eigenvalue weighted by atomic mass is 32.2. The van der Waals surface area contributed by atoms with E-state index in [-0.39, 0.29) is 29.9 Å². The average Bonchev–Trinajstić information content (AvgIpc) is 2.69. The molecule has 0 saturated heterocycles. The van der Waals surface area contributed by atoms with Crippen LogP contribution in [0, 0.1) is 32.1 Å². The maximum absolute atomic E-state index is 12.5. The molecule has 0 radical (unpaired) electrons. The van der Waals surface area contributed by atoms with E-state index in [1.165, 1.54) is 11.8 Å². The smallest absolute Gasteiger partial charge is 0.234 e. The largest absolute Gasteiger partial charge is 0.325 e. The molecular weight excluding hydrogens is 382 g/mol. The van der Waals surface area contributed by atoms with Gasteiger partial charge in [-0.1, -0.05) is 59.8 Å². The standard InChI is InChI=1S/C23H23N3O2S/c1-14-7-9-17(10-8-14)18-11-20(27)26-23(19(18)12-24)29-13-21(28)25-22-15(2)5-4-6-16(22)3/h4-10,18H,11,13H2,1-3H3,(H,25,28)(H,26,27). The van der Waals surface area contributed by atoms with Gasteiger partial charge in [0.1, 0.15) is 0 Å². The summed E-state index contributed by atoms with van der Waals surface area (Å²) in [4.78, 5) is 24.7. The van der Waals surface area contributed by atoms with E-state index in [1.54, 1.807) is 0 Å². The van der Waals surface area contributed by atoms with Crippen molar-refractivity contribution >= 4 is 29.3 Å². The molecule has 29 heavy (non-hydrogen) atoms. The summed E-state index contributed by atoms with van der Waals surface area (Å²) in [6.07, 6.45) is 0.227. The lowest BCUT2D eigenvalue weighted by Crippen LogP contribution is -2.31. The third-order valence-corrected chi connectivity index (χ3v) is 5.95. The van der Waals surface area contributed by atoms with Gasteiger partial charge in [-0.25, -0.2) is 0 Å². The van der Waals surface area contributed by atoms with Gasteiger partial charge in [-0.15, -0.1) is 0 Å². The lowest BCUT2D eigenvalue weighted by molar-refractivity contribution is -0.121. The molecular formula is C23H23N3O2S. The van der Waals surface area contributed by atoms with E-state index in [1.807, 2.05) is 63.2 Å². The second kappa shape index (κ2) is 8.97. The van der Waals surface area contributed by atoms with E-state index in [9.17, 15) is 14.9 Å². The number of nitrogens with one attached hydrogen (secondary N) is 2. The molecule has 1 heterocycles. The molecule has 5 nitrogen and oxygen atoms in total. The van der Waals surface area contributed by atoms with E-state index < -0.39 is 0 Å². The Labute approximate surface area is 175 Å². The van der Waals surface area contributed by atoms with Crippen molar-refractivity contribution in [3.63, 3.8) is 0 Å². The highest BCUT2D eigenvalue weighted by Gasteiger charge is 2.29. The first-order chi connectivity index (χ1) is 13.9. The van der Waals surface area contributed by atoms with Crippen molar-refractivity contribution in [1.29, 1.82) is 5.26 Å². The molecule has 2 N–H and O–H groups in total. The van der Waals surface area contributed by atoms with Gasteiger partial charge in [-0.2, -0.15) is 5.26 Å². The first-order valence-electron chi connectivity index (χ1n) is 9.38. The fourth-order valence-corrected chi connectivity index (χ4v) is 4.22. The molecule has 3 rings (SSSR count). The number of nitriles is 1. The number of aryl methyl sites for hydroxylation is 3. The van der Waals surface area contributed by atoms with Crippen molar-refractivity contribution in [1.82, 2.24) is 5.32 Å². The molecule has 0 aliphatic carbocycles. The van der Waals surface area contributed by atoms with Crippen LogP contribution >= 0.6 is 11.8 Å². The Morgan fingerprint density at radius 2 is 1.83 bits per heavy atom. The number of hydrogen-bond acceptors (Lipinski definition) is 4. The van der Waals surface area contributed by atoms with Gasteiger partial charge in [-0.05, 0) is 37.5 Å². The van der Waals surface area contributed by atoms with Crippen molar-refractivity contribution in [3.8, 4) is 6.07 Å². The van der Waals surface area contributed by atoms with Gasteiger partial charge in [-0.3, -0.25) is 9.59 Å². The van der Waals surface area contributed by atoms with E-state index in [0.29, 0.717) is 10.6 Å². The first kappa shape index (κ1) is 20.7. The van der Waals surface area contributed by atoms with Crippen LogP contribution in [0.1, 0.15) is 34.6 Å². The van der Waals surface area contributed by atoms with E-state index in [0.717, 1.165) is 27.9 Å². The fraction of sp³-hybridized carbons (Fsp3) is 0.261. The number of hydrogen-bond donors (Lipinski definition) is 2. The molecule has 2 amide bonds. The average molecular weight is 406 g/mol. The van der Waals surface area contributed by atoms with Crippen LogP contribution in [0.3, 0.4) is 0 Å². The van der Waals surface area contributed by atoms with E-state index in [4.69, 9.17) is 0 Å². The second-order valence-corrected chi connectivity index (χ2v) is 8.16. The highest BCUT2D eigenvalue weighted by molar-refractivity contribution is 8.03. The fourth-order valence-electron chi connectivity index (χ4n) is 3.34. The Balaban J connectivity index is 1.77. The Hall–Kier alpha value is -3.04.